The normalized spacial score (nSPS) is 21.3. The number of nitrogens with zero attached hydrogens (tertiary/aromatic N) is 4. The van der Waals surface area contributed by atoms with Crippen LogP contribution in [-0.4, -0.2) is 40.0 Å². The molecule has 1 saturated heterocycles. The number of likely N-dealkylation sites (tertiary alicyclic amines) is 1. The van der Waals surface area contributed by atoms with Gasteiger partial charge in [0.15, 0.2) is 0 Å². The van der Waals surface area contributed by atoms with Gasteiger partial charge < -0.3 is 9.64 Å². The number of hydrogen-bond donors (Lipinski definition) is 0. The van der Waals surface area contributed by atoms with Gasteiger partial charge in [-0.15, -0.1) is 0 Å². The van der Waals surface area contributed by atoms with Crippen LogP contribution in [-0.2, 0) is 4.79 Å². The predicted molar refractivity (Wildman–Crippen MR) is 83.6 cm³/mol. The number of amides is 1. The molecule has 122 valence electrons. The molecule has 1 aromatic heterocycles. The molecule has 3 rings (SSSR count). The summed E-state index contributed by atoms with van der Waals surface area (Å²) in [7, 11) is 0. The number of carbonyl (C=O) groups is 1. The van der Waals surface area contributed by atoms with Crippen LogP contribution < -0.4 is 4.74 Å². The first-order valence-electron chi connectivity index (χ1n) is 8.42. The molecule has 0 spiro atoms. The van der Waals surface area contributed by atoms with Crippen LogP contribution in [0.5, 0.6) is 5.88 Å². The second-order valence-corrected chi connectivity index (χ2v) is 6.38. The zero-order valence-corrected chi connectivity index (χ0v) is 13.3. The van der Waals surface area contributed by atoms with E-state index in [0.717, 1.165) is 25.3 Å². The molecule has 1 saturated carbocycles. The third-order valence-corrected chi connectivity index (χ3v) is 4.79. The lowest BCUT2D eigenvalue weighted by atomic mass is 10.0. The summed E-state index contributed by atoms with van der Waals surface area (Å²) in [5.41, 5.74) is 0.193. The number of rotatable bonds is 5. The Morgan fingerprint density at radius 3 is 2.87 bits per heavy atom. The maximum Gasteiger partial charge on any atom is 0.251 e. The zero-order chi connectivity index (χ0) is 16.1. The van der Waals surface area contributed by atoms with E-state index in [1.54, 1.807) is 0 Å². The molecule has 1 amide bonds. The molecule has 2 heterocycles. The maximum absolute atomic E-state index is 12.3. The SMILES string of the molecule is N#Cc1nccnc1O[C@H]1CCN(C(=O)CCC2CCCC2)C1. The van der Waals surface area contributed by atoms with Gasteiger partial charge in [-0.25, -0.2) is 9.97 Å². The van der Waals surface area contributed by atoms with Crippen molar-refractivity contribution in [2.75, 3.05) is 13.1 Å². The van der Waals surface area contributed by atoms with Crippen molar-refractivity contribution >= 4 is 5.91 Å². The highest BCUT2D eigenvalue weighted by atomic mass is 16.5. The Morgan fingerprint density at radius 1 is 1.30 bits per heavy atom. The molecule has 2 aliphatic rings. The molecule has 1 atom stereocenters. The molecule has 0 bridgehead atoms. The van der Waals surface area contributed by atoms with E-state index in [0.29, 0.717) is 13.0 Å². The van der Waals surface area contributed by atoms with Crippen LogP contribution in [0.2, 0.25) is 0 Å². The molecule has 0 unspecified atom stereocenters. The first-order valence-corrected chi connectivity index (χ1v) is 8.42. The van der Waals surface area contributed by atoms with E-state index in [2.05, 4.69) is 9.97 Å². The second-order valence-electron chi connectivity index (χ2n) is 6.38. The van der Waals surface area contributed by atoms with Gasteiger partial charge in [0.25, 0.3) is 5.88 Å². The van der Waals surface area contributed by atoms with Crippen molar-refractivity contribution in [2.24, 2.45) is 5.92 Å². The van der Waals surface area contributed by atoms with Gasteiger partial charge in [-0.1, -0.05) is 25.7 Å². The summed E-state index contributed by atoms with van der Waals surface area (Å²) in [5, 5.41) is 9.01. The van der Waals surface area contributed by atoms with Gasteiger partial charge in [0.1, 0.15) is 12.2 Å². The molecule has 1 aliphatic heterocycles. The molecule has 6 nitrogen and oxygen atoms in total. The lowest BCUT2D eigenvalue weighted by Gasteiger charge is -2.18. The third-order valence-electron chi connectivity index (χ3n) is 4.79. The van der Waals surface area contributed by atoms with Crippen LogP contribution in [0.1, 0.15) is 50.6 Å². The Morgan fingerprint density at radius 2 is 2.09 bits per heavy atom. The van der Waals surface area contributed by atoms with Gasteiger partial charge in [-0.2, -0.15) is 5.26 Å². The minimum Gasteiger partial charge on any atom is -0.470 e. The monoisotopic (exact) mass is 314 g/mol. The van der Waals surface area contributed by atoms with E-state index in [1.807, 2.05) is 11.0 Å². The first kappa shape index (κ1) is 15.7. The number of ether oxygens (including phenoxy) is 1. The molecule has 1 aromatic rings. The maximum atomic E-state index is 12.3. The van der Waals surface area contributed by atoms with Crippen molar-refractivity contribution in [3.05, 3.63) is 18.1 Å². The Kier molecular flexibility index (Phi) is 5.06. The largest absolute Gasteiger partial charge is 0.470 e. The standard InChI is InChI=1S/C17H22N4O2/c18-11-15-17(20-9-8-19-15)23-14-7-10-21(12-14)16(22)6-5-13-3-1-2-4-13/h8-9,13-14H,1-7,10,12H2/t14-/m0/s1. The second kappa shape index (κ2) is 7.40. The lowest BCUT2D eigenvalue weighted by molar-refractivity contribution is -0.130. The van der Waals surface area contributed by atoms with Crippen molar-refractivity contribution in [3.8, 4) is 11.9 Å². The summed E-state index contributed by atoms with van der Waals surface area (Å²) < 4.78 is 5.77. The molecule has 0 N–H and O–H groups in total. The van der Waals surface area contributed by atoms with Crippen molar-refractivity contribution in [2.45, 2.75) is 51.0 Å². The van der Waals surface area contributed by atoms with E-state index in [1.165, 1.54) is 38.1 Å². The third kappa shape index (κ3) is 3.98. The highest BCUT2D eigenvalue weighted by Crippen LogP contribution is 2.29. The minimum absolute atomic E-state index is 0.103. The molecular weight excluding hydrogens is 292 g/mol. The number of carbonyl (C=O) groups excluding carboxylic acids is 1. The van der Waals surface area contributed by atoms with Gasteiger partial charge in [0, 0.05) is 31.8 Å². The highest BCUT2D eigenvalue weighted by molar-refractivity contribution is 5.76. The molecule has 2 fully saturated rings. The Balaban J connectivity index is 1.48. The number of nitriles is 1. The van der Waals surface area contributed by atoms with Gasteiger partial charge in [-0.3, -0.25) is 4.79 Å². The molecule has 0 radical (unpaired) electrons. The number of aromatic nitrogens is 2. The summed E-state index contributed by atoms with van der Waals surface area (Å²) in [4.78, 5) is 22.2. The summed E-state index contributed by atoms with van der Waals surface area (Å²) in [5.74, 6) is 1.23. The van der Waals surface area contributed by atoms with E-state index in [-0.39, 0.29) is 23.6 Å². The molecule has 23 heavy (non-hydrogen) atoms. The fraction of sp³-hybridized carbons (Fsp3) is 0.647. The first-order chi connectivity index (χ1) is 11.3. The van der Waals surface area contributed by atoms with E-state index in [4.69, 9.17) is 10.00 Å². The van der Waals surface area contributed by atoms with Crippen LogP contribution in [0.15, 0.2) is 12.4 Å². The number of hydrogen-bond acceptors (Lipinski definition) is 5. The average Bonchev–Trinajstić information content (AvgIpc) is 3.25. The van der Waals surface area contributed by atoms with Crippen LogP contribution in [0.4, 0.5) is 0 Å². The van der Waals surface area contributed by atoms with E-state index in [9.17, 15) is 4.79 Å². The Labute approximate surface area is 136 Å². The summed E-state index contributed by atoms with van der Waals surface area (Å²) in [6, 6.07) is 1.98. The average molecular weight is 314 g/mol. The van der Waals surface area contributed by atoms with Crippen molar-refractivity contribution in [3.63, 3.8) is 0 Å². The summed E-state index contributed by atoms with van der Waals surface area (Å²) in [6.07, 6.45) is 10.5. The van der Waals surface area contributed by atoms with Gasteiger partial charge in [-0.05, 0) is 12.3 Å². The Bertz CT molecular complexity index is 593. The quantitative estimate of drug-likeness (QED) is 0.833. The van der Waals surface area contributed by atoms with Crippen LogP contribution in [0.25, 0.3) is 0 Å². The molecule has 1 aliphatic carbocycles. The molecular formula is C17H22N4O2. The minimum atomic E-state index is -0.103. The molecule has 6 heteroatoms. The van der Waals surface area contributed by atoms with Crippen LogP contribution in [0, 0.1) is 17.2 Å². The summed E-state index contributed by atoms with van der Waals surface area (Å²) in [6.45, 7) is 1.29. The van der Waals surface area contributed by atoms with Crippen LogP contribution in [0.3, 0.4) is 0 Å². The van der Waals surface area contributed by atoms with Crippen molar-refractivity contribution in [1.29, 1.82) is 5.26 Å². The highest BCUT2D eigenvalue weighted by Gasteiger charge is 2.29. The zero-order valence-electron chi connectivity index (χ0n) is 13.3. The van der Waals surface area contributed by atoms with Crippen molar-refractivity contribution < 1.29 is 9.53 Å². The predicted octanol–water partition coefficient (Wildman–Crippen LogP) is 2.30. The lowest BCUT2D eigenvalue weighted by Crippen LogP contribution is -2.31. The van der Waals surface area contributed by atoms with E-state index >= 15 is 0 Å². The fourth-order valence-electron chi connectivity index (χ4n) is 3.48. The molecule has 0 aromatic carbocycles. The van der Waals surface area contributed by atoms with E-state index < -0.39 is 0 Å². The van der Waals surface area contributed by atoms with Crippen LogP contribution >= 0.6 is 0 Å². The van der Waals surface area contributed by atoms with Gasteiger partial charge in [0.2, 0.25) is 11.6 Å². The fourth-order valence-corrected chi connectivity index (χ4v) is 3.48. The topological polar surface area (TPSA) is 79.1 Å². The van der Waals surface area contributed by atoms with Gasteiger partial charge >= 0.3 is 0 Å². The smallest absolute Gasteiger partial charge is 0.251 e. The summed E-state index contributed by atoms with van der Waals surface area (Å²) >= 11 is 0. The van der Waals surface area contributed by atoms with Gasteiger partial charge in [0.05, 0.1) is 6.54 Å². The Hall–Kier alpha value is -2.16. The van der Waals surface area contributed by atoms with Crippen molar-refractivity contribution in [1.82, 2.24) is 14.9 Å².